The number of aromatic nitrogens is 1. The van der Waals surface area contributed by atoms with Crippen molar-refractivity contribution in [3.63, 3.8) is 0 Å². The molecule has 1 fully saturated rings. The Morgan fingerprint density at radius 1 is 1.28 bits per heavy atom. The summed E-state index contributed by atoms with van der Waals surface area (Å²) in [6.45, 7) is 12.6. The molecular formula is C23H41IN6O2. The van der Waals surface area contributed by atoms with Crippen LogP contribution in [0.1, 0.15) is 52.7 Å². The fraction of sp³-hybridized carbons (Fsp3) is 0.696. The highest BCUT2D eigenvalue weighted by molar-refractivity contribution is 14.0. The van der Waals surface area contributed by atoms with Crippen LogP contribution < -0.4 is 10.6 Å². The van der Waals surface area contributed by atoms with Gasteiger partial charge in [0.15, 0.2) is 5.96 Å². The van der Waals surface area contributed by atoms with Gasteiger partial charge in [-0.2, -0.15) is 0 Å². The third-order valence-corrected chi connectivity index (χ3v) is 5.08. The molecule has 0 saturated carbocycles. The van der Waals surface area contributed by atoms with E-state index in [0.717, 1.165) is 50.6 Å². The van der Waals surface area contributed by atoms with Crippen LogP contribution in [0, 0.1) is 0 Å². The Balaban J connectivity index is 0.00000512. The average Bonchev–Trinajstić information content (AvgIpc) is 2.73. The molecule has 1 aromatic rings. The minimum Gasteiger partial charge on any atom is -0.444 e. The number of ether oxygens (including phenoxy) is 1. The molecule has 0 spiro atoms. The van der Waals surface area contributed by atoms with Crippen molar-refractivity contribution in [2.45, 2.75) is 65.1 Å². The summed E-state index contributed by atoms with van der Waals surface area (Å²) in [6, 6.07) is 6.46. The van der Waals surface area contributed by atoms with E-state index >= 15 is 0 Å². The maximum atomic E-state index is 12.4. The third-order valence-electron chi connectivity index (χ3n) is 5.08. The van der Waals surface area contributed by atoms with Crippen LogP contribution >= 0.6 is 24.0 Å². The van der Waals surface area contributed by atoms with Crippen molar-refractivity contribution >= 4 is 36.0 Å². The summed E-state index contributed by atoms with van der Waals surface area (Å²) in [7, 11) is 1.78. The summed E-state index contributed by atoms with van der Waals surface area (Å²) in [6.07, 6.45) is 4.60. The van der Waals surface area contributed by atoms with Crippen LogP contribution in [-0.2, 0) is 11.3 Å². The number of pyridine rings is 1. The average molecular weight is 561 g/mol. The van der Waals surface area contributed by atoms with Gasteiger partial charge < -0.3 is 20.3 Å². The van der Waals surface area contributed by atoms with Crippen molar-refractivity contribution in [3.05, 3.63) is 30.1 Å². The minimum absolute atomic E-state index is 0. The van der Waals surface area contributed by atoms with Crippen LogP contribution in [0.4, 0.5) is 4.79 Å². The lowest BCUT2D eigenvalue weighted by molar-refractivity contribution is 0.0253. The van der Waals surface area contributed by atoms with E-state index in [4.69, 9.17) is 4.74 Å². The highest BCUT2D eigenvalue weighted by Gasteiger charge is 2.22. The van der Waals surface area contributed by atoms with Crippen LogP contribution in [-0.4, -0.2) is 78.3 Å². The van der Waals surface area contributed by atoms with Crippen molar-refractivity contribution < 1.29 is 9.53 Å². The third kappa shape index (κ3) is 10.8. The van der Waals surface area contributed by atoms with Gasteiger partial charge in [-0.1, -0.05) is 13.0 Å². The Morgan fingerprint density at radius 3 is 2.56 bits per heavy atom. The van der Waals surface area contributed by atoms with E-state index in [1.165, 1.54) is 0 Å². The number of likely N-dealkylation sites (tertiary alicyclic amines) is 1. The van der Waals surface area contributed by atoms with Gasteiger partial charge in [-0.25, -0.2) is 4.79 Å². The number of guanidine groups is 1. The zero-order valence-electron chi connectivity index (χ0n) is 20.3. The molecule has 0 unspecified atom stereocenters. The van der Waals surface area contributed by atoms with Gasteiger partial charge in [0.1, 0.15) is 5.60 Å². The van der Waals surface area contributed by atoms with Crippen LogP contribution in [0.5, 0.6) is 0 Å². The van der Waals surface area contributed by atoms with Gasteiger partial charge in [0.05, 0.1) is 5.69 Å². The van der Waals surface area contributed by atoms with Crippen LogP contribution in [0.25, 0.3) is 0 Å². The van der Waals surface area contributed by atoms with Gasteiger partial charge in [-0.15, -0.1) is 24.0 Å². The fourth-order valence-corrected chi connectivity index (χ4v) is 3.54. The maximum Gasteiger partial charge on any atom is 0.410 e. The van der Waals surface area contributed by atoms with Gasteiger partial charge in [0, 0.05) is 58.6 Å². The molecule has 1 saturated heterocycles. The molecule has 2 rings (SSSR count). The SMILES string of the molecule is CCCN(CCNC(=NC)NC1CCN(Cc2ccccn2)CC1)C(=O)OC(C)(C)C.I. The molecule has 182 valence electrons. The van der Waals surface area contributed by atoms with Crippen molar-refractivity contribution in [3.8, 4) is 0 Å². The number of amides is 1. The second kappa shape index (κ2) is 14.5. The summed E-state index contributed by atoms with van der Waals surface area (Å²) in [5.41, 5.74) is 0.632. The van der Waals surface area contributed by atoms with Gasteiger partial charge in [0.2, 0.25) is 0 Å². The minimum atomic E-state index is -0.487. The number of halogens is 1. The molecule has 0 radical (unpaired) electrons. The number of carbonyl (C=O) groups excluding carboxylic acids is 1. The molecule has 9 heteroatoms. The normalized spacial score (nSPS) is 15.6. The summed E-state index contributed by atoms with van der Waals surface area (Å²) < 4.78 is 5.51. The molecule has 32 heavy (non-hydrogen) atoms. The predicted molar refractivity (Wildman–Crippen MR) is 141 cm³/mol. The largest absolute Gasteiger partial charge is 0.444 e. The van der Waals surface area contributed by atoms with Crippen molar-refractivity contribution in [1.82, 2.24) is 25.4 Å². The molecule has 0 bridgehead atoms. The molecular weight excluding hydrogens is 519 g/mol. The van der Waals surface area contributed by atoms with Crippen LogP contribution in [0.3, 0.4) is 0 Å². The molecule has 8 nitrogen and oxygen atoms in total. The first-order valence-corrected chi connectivity index (χ1v) is 11.4. The van der Waals surface area contributed by atoms with Crippen LogP contribution in [0.2, 0.25) is 0 Å². The summed E-state index contributed by atoms with van der Waals surface area (Å²) in [5.74, 6) is 0.781. The zero-order chi connectivity index (χ0) is 22.7. The molecule has 0 aromatic carbocycles. The Labute approximate surface area is 210 Å². The Morgan fingerprint density at radius 2 is 2.00 bits per heavy atom. The molecule has 2 N–H and O–H groups in total. The van der Waals surface area contributed by atoms with Gasteiger partial charge in [0.25, 0.3) is 0 Å². The van der Waals surface area contributed by atoms with E-state index < -0.39 is 5.60 Å². The van der Waals surface area contributed by atoms with Crippen molar-refractivity contribution in [1.29, 1.82) is 0 Å². The lowest BCUT2D eigenvalue weighted by atomic mass is 10.0. The standard InChI is InChI=1S/C23H40N6O2.HI/c1-6-14-29(22(30)31-23(2,3)4)17-13-26-21(24-5)27-19-10-15-28(16-11-19)18-20-9-7-8-12-25-20;/h7-9,12,19H,6,10-11,13-18H2,1-5H3,(H2,24,26,27);1H. The number of nitrogens with zero attached hydrogens (tertiary/aromatic N) is 4. The maximum absolute atomic E-state index is 12.4. The number of rotatable bonds is 8. The second-order valence-electron chi connectivity index (χ2n) is 8.98. The smallest absolute Gasteiger partial charge is 0.410 e. The first-order valence-electron chi connectivity index (χ1n) is 11.4. The van der Waals surface area contributed by atoms with E-state index in [-0.39, 0.29) is 30.1 Å². The number of nitrogens with one attached hydrogen (secondary N) is 2. The first kappa shape index (κ1) is 28.4. The van der Waals surface area contributed by atoms with Crippen LogP contribution in [0.15, 0.2) is 29.4 Å². The lowest BCUT2D eigenvalue weighted by Gasteiger charge is -2.33. The quantitative estimate of drug-likeness (QED) is 0.288. The fourth-order valence-electron chi connectivity index (χ4n) is 3.54. The molecule has 2 heterocycles. The molecule has 0 aliphatic carbocycles. The molecule has 1 aromatic heterocycles. The van der Waals surface area contributed by atoms with E-state index in [1.807, 2.05) is 39.1 Å². The van der Waals surface area contributed by atoms with Gasteiger partial charge in [-0.3, -0.25) is 14.9 Å². The Kier molecular flexibility index (Phi) is 12.9. The topological polar surface area (TPSA) is 82.1 Å². The molecule has 0 atom stereocenters. The van der Waals surface area contributed by atoms with Crippen molar-refractivity contribution in [2.24, 2.45) is 4.99 Å². The second-order valence-corrected chi connectivity index (χ2v) is 8.98. The monoisotopic (exact) mass is 560 g/mol. The molecule has 1 aliphatic rings. The predicted octanol–water partition coefficient (Wildman–Crippen LogP) is 3.48. The Hall–Kier alpha value is -1.62. The highest BCUT2D eigenvalue weighted by Crippen LogP contribution is 2.13. The van der Waals surface area contributed by atoms with E-state index in [2.05, 4.69) is 38.5 Å². The number of hydrogen-bond acceptors (Lipinski definition) is 5. The number of carbonyl (C=O) groups is 1. The lowest BCUT2D eigenvalue weighted by Crippen LogP contribution is -2.50. The van der Waals surface area contributed by atoms with E-state index in [1.54, 1.807) is 11.9 Å². The van der Waals surface area contributed by atoms with E-state index in [0.29, 0.717) is 25.7 Å². The highest BCUT2D eigenvalue weighted by atomic mass is 127. The number of piperidine rings is 1. The summed E-state index contributed by atoms with van der Waals surface area (Å²) in [5, 5.41) is 6.87. The summed E-state index contributed by atoms with van der Waals surface area (Å²) in [4.78, 5) is 25.4. The molecule has 1 amide bonds. The first-order chi connectivity index (χ1) is 14.8. The Bertz CT molecular complexity index is 687. The van der Waals surface area contributed by atoms with E-state index in [9.17, 15) is 4.79 Å². The number of hydrogen-bond donors (Lipinski definition) is 2. The molecule has 1 aliphatic heterocycles. The van der Waals surface area contributed by atoms with Gasteiger partial charge in [-0.05, 0) is 52.2 Å². The summed E-state index contributed by atoms with van der Waals surface area (Å²) >= 11 is 0. The number of aliphatic imine (C=N–C) groups is 1. The zero-order valence-corrected chi connectivity index (χ0v) is 22.6. The van der Waals surface area contributed by atoms with Crippen molar-refractivity contribution in [2.75, 3.05) is 39.8 Å². The van der Waals surface area contributed by atoms with Gasteiger partial charge >= 0.3 is 6.09 Å².